The first-order valence-corrected chi connectivity index (χ1v) is 16.3. The first-order valence-electron chi connectivity index (χ1n) is 16.3. The number of para-hydroxylation sites is 4. The second-order valence-electron chi connectivity index (χ2n) is 12.3. The zero-order valence-electron chi connectivity index (χ0n) is 26.7. The van der Waals surface area contributed by atoms with E-state index in [0.29, 0.717) is 16.7 Å². The van der Waals surface area contributed by atoms with Crippen molar-refractivity contribution >= 4 is 43.6 Å². The first-order chi connectivity index (χ1) is 24.7. The van der Waals surface area contributed by atoms with E-state index >= 15 is 0 Å². The van der Waals surface area contributed by atoms with E-state index in [1.165, 1.54) is 0 Å². The van der Waals surface area contributed by atoms with Gasteiger partial charge < -0.3 is 9.13 Å². The van der Waals surface area contributed by atoms with Crippen molar-refractivity contribution in [1.29, 1.82) is 15.8 Å². The monoisotopic (exact) mass is 635 g/mol. The number of nitrogens with zero attached hydrogens (tertiary/aromatic N) is 5. The average Bonchev–Trinajstić information content (AvgIpc) is 3.70. The Morgan fingerprint density at radius 1 is 0.400 bits per heavy atom. The van der Waals surface area contributed by atoms with Crippen LogP contribution in [0.2, 0.25) is 0 Å². The summed E-state index contributed by atoms with van der Waals surface area (Å²) >= 11 is 0. The third kappa shape index (κ3) is 4.31. The summed E-state index contributed by atoms with van der Waals surface area (Å²) in [6.45, 7) is 0. The van der Waals surface area contributed by atoms with Gasteiger partial charge in [0.2, 0.25) is 0 Å². The topological polar surface area (TPSA) is 81.2 Å². The van der Waals surface area contributed by atoms with E-state index in [2.05, 4.69) is 112 Å². The normalized spacial score (nSPS) is 11.1. The molecule has 0 radical (unpaired) electrons. The Kier molecular flexibility index (Phi) is 6.56. The Balaban J connectivity index is 1.27. The van der Waals surface area contributed by atoms with Gasteiger partial charge in [0.05, 0.1) is 62.7 Å². The van der Waals surface area contributed by atoms with Crippen LogP contribution in [0.4, 0.5) is 0 Å². The van der Waals surface area contributed by atoms with Crippen LogP contribution in [0.1, 0.15) is 16.7 Å². The fourth-order valence-electron chi connectivity index (χ4n) is 7.49. The summed E-state index contributed by atoms with van der Waals surface area (Å²) < 4.78 is 4.48. The van der Waals surface area contributed by atoms with Crippen molar-refractivity contribution in [2.45, 2.75) is 0 Å². The molecule has 7 aromatic carbocycles. The number of aromatic nitrogens is 2. The summed E-state index contributed by atoms with van der Waals surface area (Å²) in [5, 5.41) is 34.6. The molecule has 2 heterocycles. The molecule has 0 aliphatic heterocycles. The van der Waals surface area contributed by atoms with Gasteiger partial charge in [-0.1, -0.05) is 84.9 Å². The number of nitriles is 3. The van der Waals surface area contributed by atoms with Gasteiger partial charge in [0.15, 0.2) is 0 Å². The van der Waals surface area contributed by atoms with Crippen LogP contribution in [0.15, 0.2) is 152 Å². The second kappa shape index (κ2) is 11.4. The molecule has 0 N–H and O–H groups in total. The standard InChI is InChI=1S/C45H25N5/c46-26-29-17-22-44-38(24-29)36-11-3-5-13-40(36)49(44)33-20-18-31(19-21-33)45-32(28-48)23-30(27-47)25-39(45)37-12-4-8-16-43(37)50-41-14-6-1-9-34(41)35-10-2-7-15-42(35)50/h1-25H. The van der Waals surface area contributed by atoms with Gasteiger partial charge in [-0.25, -0.2) is 0 Å². The van der Waals surface area contributed by atoms with Crippen LogP contribution in [-0.4, -0.2) is 9.13 Å². The molecule has 0 spiro atoms. The summed E-state index contributed by atoms with van der Waals surface area (Å²) in [7, 11) is 0. The van der Waals surface area contributed by atoms with Gasteiger partial charge in [0.25, 0.3) is 0 Å². The summed E-state index contributed by atoms with van der Waals surface area (Å²) in [4.78, 5) is 0. The van der Waals surface area contributed by atoms with Gasteiger partial charge in [-0.05, 0) is 77.9 Å². The summed E-state index contributed by atoms with van der Waals surface area (Å²) in [5.74, 6) is 0. The highest BCUT2D eigenvalue weighted by Crippen LogP contribution is 2.42. The summed E-state index contributed by atoms with van der Waals surface area (Å²) in [5.41, 5.74) is 11.0. The molecule has 0 amide bonds. The zero-order valence-corrected chi connectivity index (χ0v) is 26.7. The third-order valence-electron chi connectivity index (χ3n) is 9.62. The van der Waals surface area contributed by atoms with E-state index in [4.69, 9.17) is 0 Å². The first kappa shape index (κ1) is 28.8. The lowest BCUT2D eigenvalue weighted by molar-refractivity contribution is 1.18. The molecule has 2 aromatic heterocycles. The van der Waals surface area contributed by atoms with Crippen LogP contribution in [-0.2, 0) is 0 Å². The highest BCUT2D eigenvalue weighted by atomic mass is 15.0. The molecule has 230 valence electrons. The molecule has 9 rings (SSSR count). The number of hydrogen-bond acceptors (Lipinski definition) is 3. The zero-order chi connectivity index (χ0) is 33.8. The van der Waals surface area contributed by atoms with Gasteiger partial charge >= 0.3 is 0 Å². The van der Waals surface area contributed by atoms with Crippen LogP contribution in [0, 0.1) is 34.0 Å². The van der Waals surface area contributed by atoms with E-state index in [0.717, 1.165) is 77.2 Å². The minimum atomic E-state index is 0.427. The van der Waals surface area contributed by atoms with Gasteiger partial charge in [0.1, 0.15) is 0 Å². The molecular formula is C45H25N5. The Bertz CT molecular complexity index is 2900. The van der Waals surface area contributed by atoms with Crippen LogP contribution in [0.5, 0.6) is 0 Å². The molecule has 0 bridgehead atoms. The Hall–Kier alpha value is -7.39. The lowest BCUT2D eigenvalue weighted by Gasteiger charge is -2.18. The number of rotatable bonds is 4. The SMILES string of the molecule is N#Cc1cc(C#N)c(-c2ccc(-n3c4ccccc4c4cc(C#N)ccc43)cc2)c(-c2ccccc2-n2c3ccccc3c3ccccc32)c1. The molecule has 9 aromatic rings. The molecule has 0 saturated carbocycles. The van der Waals surface area contributed by atoms with Crippen LogP contribution >= 0.6 is 0 Å². The summed E-state index contributed by atoms with van der Waals surface area (Å²) in [6.07, 6.45) is 0. The second-order valence-corrected chi connectivity index (χ2v) is 12.3. The van der Waals surface area contributed by atoms with Gasteiger partial charge in [-0.15, -0.1) is 0 Å². The summed E-state index contributed by atoms with van der Waals surface area (Å²) in [6, 6.07) is 57.8. The molecule has 50 heavy (non-hydrogen) atoms. The van der Waals surface area contributed by atoms with Crippen molar-refractivity contribution in [3.63, 3.8) is 0 Å². The predicted octanol–water partition coefficient (Wildman–Crippen LogP) is 10.8. The molecule has 0 saturated heterocycles. The number of benzene rings is 7. The molecule has 5 heteroatoms. The van der Waals surface area contributed by atoms with E-state index in [1.54, 1.807) is 6.07 Å². The van der Waals surface area contributed by atoms with Crippen molar-refractivity contribution in [1.82, 2.24) is 9.13 Å². The van der Waals surface area contributed by atoms with Crippen molar-refractivity contribution in [3.8, 4) is 51.8 Å². The van der Waals surface area contributed by atoms with Crippen molar-refractivity contribution < 1.29 is 0 Å². The van der Waals surface area contributed by atoms with Crippen LogP contribution < -0.4 is 0 Å². The van der Waals surface area contributed by atoms with E-state index in [1.807, 2.05) is 60.7 Å². The maximum absolute atomic E-state index is 10.5. The fourth-order valence-corrected chi connectivity index (χ4v) is 7.49. The Labute approximate surface area is 287 Å². The van der Waals surface area contributed by atoms with E-state index in [9.17, 15) is 15.8 Å². The highest BCUT2D eigenvalue weighted by molar-refractivity contribution is 6.11. The Morgan fingerprint density at radius 3 is 1.60 bits per heavy atom. The van der Waals surface area contributed by atoms with Crippen molar-refractivity contribution in [3.05, 3.63) is 168 Å². The molecule has 5 nitrogen and oxygen atoms in total. The molecule has 0 aliphatic carbocycles. The quantitative estimate of drug-likeness (QED) is 0.193. The van der Waals surface area contributed by atoms with Crippen LogP contribution in [0.3, 0.4) is 0 Å². The minimum Gasteiger partial charge on any atom is -0.309 e. The Morgan fingerprint density at radius 2 is 0.960 bits per heavy atom. The molecule has 0 unspecified atom stereocenters. The smallest absolute Gasteiger partial charge is 0.0998 e. The van der Waals surface area contributed by atoms with Gasteiger partial charge in [0, 0.05) is 38.4 Å². The highest BCUT2D eigenvalue weighted by Gasteiger charge is 2.21. The van der Waals surface area contributed by atoms with E-state index < -0.39 is 0 Å². The fraction of sp³-hybridized carbons (Fsp3) is 0. The predicted molar refractivity (Wildman–Crippen MR) is 200 cm³/mol. The molecule has 0 fully saturated rings. The number of hydrogen-bond donors (Lipinski definition) is 0. The number of fused-ring (bicyclic) bond motifs is 6. The van der Waals surface area contributed by atoms with E-state index in [-0.39, 0.29) is 0 Å². The van der Waals surface area contributed by atoms with Crippen LogP contribution in [0.25, 0.3) is 77.2 Å². The third-order valence-corrected chi connectivity index (χ3v) is 9.62. The molecular weight excluding hydrogens is 611 g/mol. The lowest BCUT2D eigenvalue weighted by Crippen LogP contribution is -2.00. The lowest BCUT2D eigenvalue weighted by atomic mass is 9.88. The largest absolute Gasteiger partial charge is 0.309 e. The van der Waals surface area contributed by atoms with Crippen molar-refractivity contribution in [2.75, 3.05) is 0 Å². The van der Waals surface area contributed by atoms with Crippen molar-refractivity contribution in [2.24, 2.45) is 0 Å². The molecule has 0 atom stereocenters. The minimum absolute atomic E-state index is 0.427. The molecule has 0 aliphatic rings. The maximum atomic E-state index is 10.5. The maximum Gasteiger partial charge on any atom is 0.0998 e. The van der Waals surface area contributed by atoms with Gasteiger partial charge in [-0.2, -0.15) is 15.8 Å². The average molecular weight is 636 g/mol. The van der Waals surface area contributed by atoms with Gasteiger partial charge in [-0.3, -0.25) is 0 Å².